The molecule has 8 N–H and O–H groups in total. The molecule has 0 aromatic heterocycles. The summed E-state index contributed by atoms with van der Waals surface area (Å²) >= 11 is 4.05. The summed E-state index contributed by atoms with van der Waals surface area (Å²) in [6, 6.07) is -4.63. The minimum Gasteiger partial charge on any atom is -0.480 e. The van der Waals surface area contributed by atoms with Crippen molar-refractivity contribution in [2.24, 2.45) is 11.5 Å². The number of aliphatic carboxylic acids is 1. The average Bonchev–Trinajstić information content (AvgIpc) is 3.17. The normalized spacial score (nSPS) is 19.1. The van der Waals surface area contributed by atoms with E-state index < -0.39 is 60.4 Å². The fourth-order valence-corrected chi connectivity index (χ4v) is 3.11. The summed E-state index contributed by atoms with van der Waals surface area (Å²) in [5, 5.41) is 22.9. The fraction of sp³-hybridized carbons (Fsp3) is 0.688. The summed E-state index contributed by atoms with van der Waals surface area (Å²) < 4.78 is 0. The number of nitrogens with one attached hydrogen (secondary N) is 2. The number of nitrogens with two attached hydrogens (primary N) is 2. The van der Waals surface area contributed by atoms with Gasteiger partial charge in [-0.2, -0.15) is 12.6 Å². The Balaban J connectivity index is 2.87. The van der Waals surface area contributed by atoms with E-state index in [1.165, 1.54) is 4.90 Å². The lowest BCUT2D eigenvalue weighted by molar-refractivity contribution is -0.149. The third-order valence-electron chi connectivity index (χ3n) is 4.46. The van der Waals surface area contributed by atoms with Gasteiger partial charge in [-0.25, -0.2) is 4.79 Å². The number of aliphatic hydroxyl groups is 1. The van der Waals surface area contributed by atoms with E-state index in [4.69, 9.17) is 16.6 Å². The van der Waals surface area contributed by atoms with Gasteiger partial charge in [-0.05, 0) is 19.3 Å². The van der Waals surface area contributed by atoms with Gasteiger partial charge in [0.15, 0.2) is 0 Å². The zero-order valence-electron chi connectivity index (χ0n) is 15.7. The van der Waals surface area contributed by atoms with Gasteiger partial charge in [0.25, 0.3) is 0 Å². The molecule has 1 saturated heterocycles. The number of primary amides is 1. The van der Waals surface area contributed by atoms with Crippen molar-refractivity contribution in [1.82, 2.24) is 15.5 Å². The number of carboxylic acids is 1. The van der Waals surface area contributed by atoms with Crippen molar-refractivity contribution in [2.75, 3.05) is 18.9 Å². The van der Waals surface area contributed by atoms with Gasteiger partial charge in [0.2, 0.25) is 23.6 Å². The van der Waals surface area contributed by atoms with Gasteiger partial charge >= 0.3 is 5.97 Å². The van der Waals surface area contributed by atoms with Crippen LogP contribution in [0.1, 0.15) is 25.7 Å². The molecule has 0 spiro atoms. The van der Waals surface area contributed by atoms with Gasteiger partial charge < -0.3 is 37.2 Å². The van der Waals surface area contributed by atoms with Gasteiger partial charge in [0, 0.05) is 18.7 Å². The second-order valence-electron chi connectivity index (χ2n) is 6.63. The van der Waals surface area contributed by atoms with Crippen LogP contribution >= 0.6 is 12.6 Å². The van der Waals surface area contributed by atoms with E-state index in [0.29, 0.717) is 12.8 Å². The van der Waals surface area contributed by atoms with Gasteiger partial charge in [-0.3, -0.25) is 19.2 Å². The third kappa shape index (κ3) is 7.18. The number of thiol groups is 1. The van der Waals surface area contributed by atoms with Gasteiger partial charge in [0.05, 0.1) is 6.61 Å². The second-order valence-corrected chi connectivity index (χ2v) is 6.99. The first-order valence-corrected chi connectivity index (χ1v) is 9.65. The first-order valence-electron chi connectivity index (χ1n) is 9.02. The molecule has 0 aliphatic carbocycles. The molecule has 1 rings (SSSR count). The van der Waals surface area contributed by atoms with E-state index in [9.17, 15) is 29.1 Å². The van der Waals surface area contributed by atoms with Crippen molar-refractivity contribution in [2.45, 2.75) is 49.9 Å². The largest absolute Gasteiger partial charge is 0.480 e. The lowest BCUT2D eigenvalue weighted by Crippen LogP contribution is -2.58. The van der Waals surface area contributed by atoms with Crippen molar-refractivity contribution >= 4 is 42.2 Å². The van der Waals surface area contributed by atoms with E-state index in [0.717, 1.165) is 0 Å². The summed E-state index contributed by atoms with van der Waals surface area (Å²) in [6.45, 7) is -0.414. The maximum atomic E-state index is 12.7. The van der Waals surface area contributed by atoms with Crippen LogP contribution in [0.15, 0.2) is 0 Å². The molecule has 4 atom stereocenters. The molecular weight excluding hydrogens is 406 g/mol. The number of amides is 4. The summed E-state index contributed by atoms with van der Waals surface area (Å²) in [6.07, 6.45) is 0.455. The molecule has 0 aromatic carbocycles. The van der Waals surface area contributed by atoms with Crippen LogP contribution in [0.2, 0.25) is 0 Å². The zero-order valence-corrected chi connectivity index (χ0v) is 16.6. The van der Waals surface area contributed by atoms with E-state index in [2.05, 4.69) is 23.3 Å². The second kappa shape index (κ2) is 11.6. The molecule has 0 radical (unpaired) electrons. The highest BCUT2D eigenvalue weighted by atomic mass is 32.1. The molecule has 13 heteroatoms. The van der Waals surface area contributed by atoms with Gasteiger partial charge in [-0.1, -0.05) is 0 Å². The zero-order chi connectivity index (χ0) is 22.1. The Bertz CT molecular complexity index is 647. The number of rotatable bonds is 11. The molecular formula is C16H27N5O7S. The highest BCUT2D eigenvalue weighted by Crippen LogP contribution is 2.19. The van der Waals surface area contributed by atoms with Crippen LogP contribution in [0.5, 0.6) is 0 Å². The number of nitrogens with zero attached hydrogens (tertiary/aromatic N) is 1. The smallest absolute Gasteiger partial charge is 0.326 e. The van der Waals surface area contributed by atoms with Crippen LogP contribution in [0.4, 0.5) is 0 Å². The maximum absolute atomic E-state index is 12.7. The lowest BCUT2D eigenvalue weighted by atomic mass is 10.1. The summed E-state index contributed by atoms with van der Waals surface area (Å²) in [4.78, 5) is 60.7. The quantitative estimate of drug-likeness (QED) is 0.163. The molecule has 4 unspecified atom stereocenters. The average molecular weight is 433 g/mol. The molecule has 1 aliphatic heterocycles. The minimum absolute atomic E-state index is 0.111. The van der Waals surface area contributed by atoms with E-state index in [-0.39, 0.29) is 25.1 Å². The van der Waals surface area contributed by atoms with Crippen molar-refractivity contribution < 1.29 is 34.2 Å². The topological polar surface area (TPSA) is 205 Å². The lowest BCUT2D eigenvalue weighted by Gasteiger charge is -2.28. The molecule has 1 aliphatic rings. The Labute approximate surface area is 172 Å². The predicted octanol–water partition coefficient (Wildman–Crippen LogP) is -3.45. The molecule has 0 aromatic rings. The van der Waals surface area contributed by atoms with Gasteiger partial charge in [0.1, 0.15) is 24.2 Å². The van der Waals surface area contributed by atoms with Crippen LogP contribution in [0, 0.1) is 0 Å². The van der Waals surface area contributed by atoms with Crippen molar-refractivity contribution in [3.8, 4) is 0 Å². The Morgan fingerprint density at radius 1 is 1.14 bits per heavy atom. The Hall–Kier alpha value is -2.38. The highest BCUT2D eigenvalue weighted by Gasteiger charge is 2.38. The van der Waals surface area contributed by atoms with Crippen LogP contribution in [0.3, 0.4) is 0 Å². The van der Waals surface area contributed by atoms with Crippen molar-refractivity contribution in [3.05, 3.63) is 0 Å². The number of carbonyl (C=O) groups is 5. The molecule has 164 valence electrons. The molecule has 1 heterocycles. The summed E-state index contributed by atoms with van der Waals surface area (Å²) in [7, 11) is 0. The van der Waals surface area contributed by atoms with Crippen molar-refractivity contribution in [1.29, 1.82) is 0 Å². The van der Waals surface area contributed by atoms with Crippen LogP contribution in [-0.2, 0) is 24.0 Å². The van der Waals surface area contributed by atoms with Crippen LogP contribution in [-0.4, -0.2) is 87.8 Å². The summed E-state index contributed by atoms with van der Waals surface area (Å²) in [5.74, 6) is -4.17. The number of carbonyl (C=O) groups excluding carboxylic acids is 4. The first-order chi connectivity index (χ1) is 13.6. The van der Waals surface area contributed by atoms with E-state index >= 15 is 0 Å². The number of hydrogen-bond donors (Lipinski definition) is 7. The van der Waals surface area contributed by atoms with Crippen molar-refractivity contribution in [3.63, 3.8) is 0 Å². The standard InChI is InChI=1S/C16H27N5O7S/c17-8(6-22)13(24)19-9(3-4-12(18)23)14(25)20-10(7-29)15(26)21-5-1-2-11(21)16(27)28/h8-11,22,29H,1-7,17H2,(H2,18,23)(H,19,24)(H,20,25)(H,27,28). The monoisotopic (exact) mass is 433 g/mol. The Morgan fingerprint density at radius 2 is 1.76 bits per heavy atom. The Kier molecular flexibility index (Phi) is 9.85. The molecule has 0 saturated carbocycles. The minimum atomic E-state index is -1.28. The molecule has 4 amide bonds. The van der Waals surface area contributed by atoms with Crippen LogP contribution in [0.25, 0.3) is 0 Å². The maximum Gasteiger partial charge on any atom is 0.326 e. The predicted molar refractivity (Wildman–Crippen MR) is 104 cm³/mol. The number of likely N-dealkylation sites (tertiary alicyclic amines) is 1. The third-order valence-corrected chi connectivity index (χ3v) is 4.83. The SMILES string of the molecule is NC(=O)CCC(NC(=O)C(N)CO)C(=O)NC(CS)C(=O)N1CCCC1C(=O)O. The number of carboxylic acid groups (broad SMARTS) is 1. The number of aliphatic hydroxyl groups excluding tert-OH is 1. The van der Waals surface area contributed by atoms with Gasteiger partial charge in [-0.15, -0.1) is 0 Å². The Morgan fingerprint density at radius 3 is 2.28 bits per heavy atom. The highest BCUT2D eigenvalue weighted by molar-refractivity contribution is 7.80. The molecule has 1 fully saturated rings. The summed E-state index contributed by atoms with van der Waals surface area (Å²) in [5.41, 5.74) is 10.5. The fourth-order valence-electron chi connectivity index (χ4n) is 2.86. The van der Waals surface area contributed by atoms with E-state index in [1.54, 1.807) is 0 Å². The first kappa shape index (κ1) is 24.7. The molecule has 12 nitrogen and oxygen atoms in total. The molecule has 0 bridgehead atoms. The van der Waals surface area contributed by atoms with Crippen LogP contribution < -0.4 is 22.1 Å². The number of hydrogen-bond acceptors (Lipinski definition) is 8. The molecule has 29 heavy (non-hydrogen) atoms. The van der Waals surface area contributed by atoms with E-state index in [1.807, 2.05) is 0 Å².